The molecule has 6 heteroatoms. The van der Waals surface area contributed by atoms with Crippen LogP contribution in [-0.2, 0) is 20.1 Å². The first-order valence-corrected chi connectivity index (χ1v) is 10.5. The van der Waals surface area contributed by atoms with E-state index in [1.807, 2.05) is 30.2 Å². The van der Waals surface area contributed by atoms with E-state index >= 15 is 0 Å². The molecule has 2 aromatic heterocycles. The van der Waals surface area contributed by atoms with E-state index in [-0.39, 0.29) is 0 Å². The molecule has 0 aliphatic carbocycles. The van der Waals surface area contributed by atoms with Gasteiger partial charge in [0, 0.05) is 63.4 Å². The molecule has 0 radical (unpaired) electrons. The molecule has 2 fully saturated rings. The van der Waals surface area contributed by atoms with Gasteiger partial charge in [-0.25, -0.2) is 0 Å². The second kappa shape index (κ2) is 8.31. The van der Waals surface area contributed by atoms with E-state index in [0.29, 0.717) is 17.9 Å². The average molecular weight is 384 g/mol. The molecule has 2 aliphatic rings. The van der Waals surface area contributed by atoms with Crippen LogP contribution in [0.5, 0.6) is 0 Å². The number of hydrogen-bond donors (Lipinski definition) is 1. The number of nitrogens with zero attached hydrogens (tertiary/aromatic N) is 5. The molecule has 152 valence electrons. The Morgan fingerprint density at radius 2 is 1.89 bits per heavy atom. The van der Waals surface area contributed by atoms with E-state index in [2.05, 4.69) is 39.1 Å². The van der Waals surface area contributed by atoms with Crippen LogP contribution in [0, 0.1) is 18.3 Å². The topological polar surface area (TPSA) is 57.4 Å². The van der Waals surface area contributed by atoms with Gasteiger partial charge >= 0.3 is 0 Å². The van der Waals surface area contributed by atoms with E-state index in [9.17, 15) is 5.11 Å². The molecule has 0 amide bonds. The number of pyridine rings is 1. The van der Waals surface area contributed by atoms with Gasteiger partial charge in [-0.1, -0.05) is 6.07 Å². The van der Waals surface area contributed by atoms with Crippen molar-refractivity contribution in [2.45, 2.75) is 39.3 Å². The Bertz CT molecular complexity index is 766. The van der Waals surface area contributed by atoms with Gasteiger partial charge in [0.15, 0.2) is 0 Å². The van der Waals surface area contributed by atoms with Crippen LogP contribution < -0.4 is 0 Å². The Hall–Kier alpha value is -1.76. The fraction of sp³-hybridized carbons (Fsp3) is 0.636. The zero-order chi connectivity index (χ0) is 19.6. The Kier molecular flexibility index (Phi) is 5.80. The molecule has 2 aromatic rings. The molecular weight excluding hydrogens is 350 g/mol. The van der Waals surface area contributed by atoms with Crippen LogP contribution in [0.15, 0.2) is 30.7 Å². The van der Waals surface area contributed by atoms with E-state index in [1.54, 1.807) is 0 Å². The molecule has 0 unspecified atom stereocenters. The van der Waals surface area contributed by atoms with Gasteiger partial charge in [0.05, 0.1) is 5.69 Å². The van der Waals surface area contributed by atoms with Crippen molar-refractivity contribution < 1.29 is 5.11 Å². The third-order valence-electron chi connectivity index (χ3n) is 6.98. The molecule has 2 aliphatic heterocycles. The summed E-state index contributed by atoms with van der Waals surface area (Å²) in [4.78, 5) is 9.29. The predicted molar refractivity (Wildman–Crippen MR) is 110 cm³/mol. The first kappa shape index (κ1) is 19.6. The number of aryl methyl sites for hydroxylation is 2. The standard InChI is InChI=1S/C22H33N5O/c1-18-20(14-25(2)24-18)15-27-11-7-22(21(16-27)17-28)5-9-26(10-6-22)13-19-4-3-8-23-12-19/h3-4,8,12,14,21,28H,5-7,9-11,13,15-17H2,1-2H3/t21-/m0/s1. The average Bonchev–Trinajstić information content (AvgIpc) is 3.03. The van der Waals surface area contributed by atoms with Crippen LogP contribution in [0.4, 0.5) is 0 Å². The van der Waals surface area contributed by atoms with Crippen molar-refractivity contribution in [2.24, 2.45) is 18.4 Å². The maximum absolute atomic E-state index is 10.2. The van der Waals surface area contributed by atoms with Gasteiger partial charge in [-0.15, -0.1) is 0 Å². The smallest absolute Gasteiger partial charge is 0.0638 e. The minimum Gasteiger partial charge on any atom is -0.396 e. The minimum absolute atomic E-state index is 0.297. The van der Waals surface area contributed by atoms with Crippen molar-refractivity contribution in [3.8, 4) is 0 Å². The number of piperidine rings is 2. The van der Waals surface area contributed by atoms with Crippen LogP contribution in [0.1, 0.15) is 36.1 Å². The van der Waals surface area contributed by atoms with Crippen molar-refractivity contribution in [3.05, 3.63) is 47.5 Å². The third kappa shape index (κ3) is 4.14. The Balaban J connectivity index is 1.35. The highest BCUT2D eigenvalue weighted by Crippen LogP contribution is 2.45. The first-order valence-electron chi connectivity index (χ1n) is 10.5. The van der Waals surface area contributed by atoms with Crippen LogP contribution >= 0.6 is 0 Å². The van der Waals surface area contributed by atoms with E-state index in [1.165, 1.54) is 30.4 Å². The largest absolute Gasteiger partial charge is 0.396 e. The van der Waals surface area contributed by atoms with E-state index in [0.717, 1.165) is 45.0 Å². The van der Waals surface area contributed by atoms with Gasteiger partial charge in [-0.2, -0.15) is 5.10 Å². The zero-order valence-corrected chi connectivity index (χ0v) is 17.2. The summed E-state index contributed by atoms with van der Waals surface area (Å²) < 4.78 is 1.90. The van der Waals surface area contributed by atoms with Crippen LogP contribution in [0.3, 0.4) is 0 Å². The van der Waals surface area contributed by atoms with Gasteiger partial charge in [0.25, 0.3) is 0 Å². The maximum atomic E-state index is 10.2. The maximum Gasteiger partial charge on any atom is 0.0638 e. The Morgan fingerprint density at radius 1 is 1.14 bits per heavy atom. The summed E-state index contributed by atoms with van der Waals surface area (Å²) in [5, 5.41) is 14.7. The van der Waals surface area contributed by atoms with E-state index < -0.39 is 0 Å². The lowest BCUT2D eigenvalue weighted by Crippen LogP contribution is -2.53. The molecule has 0 saturated carbocycles. The Labute approximate surface area is 168 Å². The summed E-state index contributed by atoms with van der Waals surface area (Å²) >= 11 is 0. The van der Waals surface area contributed by atoms with Crippen molar-refractivity contribution in [2.75, 3.05) is 32.8 Å². The molecule has 4 rings (SSSR count). The lowest BCUT2D eigenvalue weighted by Gasteiger charge is -2.51. The van der Waals surface area contributed by atoms with Gasteiger partial charge in [-0.05, 0) is 62.9 Å². The lowest BCUT2D eigenvalue weighted by molar-refractivity contribution is -0.0450. The summed E-state index contributed by atoms with van der Waals surface area (Å²) in [5.41, 5.74) is 4.02. The number of rotatable bonds is 5. The molecule has 2 saturated heterocycles. The number of aliphatic hydroxyl groups excluding tert-OH is 1. The minimum atomic E-state index is 0.297. The fourth-order valence-corrected chi connectivity index (χ4v) is 5.19. The zero-order valence-electron chi connectivity index (χ0n) is 17.2. The second-order valence-electron chi connectivity index (χ2n) is 8.78. The summed E-state index contributed by atoms with van der Waals surface area (Å²) in [6, 6.07) is 4.18. The number of hydrogen-bond acceptors (Lipinski definition) is 5. The predicted octanol–water partition coefficient (Wildman–Crippen LogP) is 2.22. The van der Waals surface area contributed by atoms with Crippen LogP contribution in [0.2, 0.25) is 0 Å². The van der Waals surface area contributed by atoms with Crippen molar-refractivity contribution in [1.29, 1.82) is 0 Å². The SMILES string of the molecule is Cc1nn(C)cc1CN1CCC2(CCN(Cc3cccnc3)CC2)[C@H](CO)C1. The normalized spacial score (nSPS) is 23.3. The summed E-state index contributed by atoms with van der Waals surface area (Å²) in [6.07, 6.45) is 9.51. The molecule has 1 atom stereocenters. The summed E-state index contributed by atoms with van der Waals surface area (Å²) in [5.74, 6) is 0.374. The van der Waals surface area contributed by atoms with Crippen LogP contribution in [0.25, 0.3) is 0 Å². The highest BCUT2D eigenvalue weighted by molar-refractivity contribution is 5.15. The summed E-state index contributed by atoms with van der Waals surface area (Å²) in [7, 11) is 1.98. The molecule has 0 aromatic carbocycles. The molecule has 28 heavy (non-hydrogen) atoms. The Morgan fingerprint density at radius 3 is 2.50 bits per heavy atom. The van der Waals surface area contributed by atoms with Gasteiger partial charge in [0.1, 0.15) is 0 Å². The molecular formula is C22H33N5O. The number of aliphatic hydroxyl groups is 1. The van der Waals surface area contributed by atoms with Crippen molar-refractivity contribution in [1.82, 2.24) is 24.6 Å². The van der Waals surface area contributed by atoms with Gasteiger partial charge in [0.2, 0.25) is 0 Å². The highest BCUT2D eigenvalue weighted by atomic mass is 16.3. The highest BCUT2D eigenvalue weighted by Gasteiger charge is 2.44. The third-order valence-corrected chi connectivity index (χ3v) is 6.98. The lowest BCUT2D eigenvalue weighted by atomic mass is 9.64. The molecule has 4 heterocycles. The monoisotopic (exact) mass is 383 g/mol. The van der Waals surface area contributed by atoms with Crippen molar-refractivity contribution in [3.63, 3.8) is 0 Å². The van der Waals surface area contributed by atoms with E-state index in [4.69, 9.17) is 0 Å². The second-order valence-corrected chi connectivity index (χ2v) is 8.78. The quantitative estimate of drug-likeness (QED) is 0.858. The first-order chi connectivity index (χ1) is 13.6. The van der Waals surface area contributed by atoms with Gasteiger partial charge in [-0.3, -0.25) is 19.5 Å². The van der Waals surface area contributed by atoms with Crippen LogP contribution in [-0.4, -0.2) is 62.5 Å². The number of aromatic nitrogens is 3. The molecule has 1 N–H and O–H groups in total. The summed E-state index contributed by atoms with van der Waals surface area (Å²) in [6.45, 7) is 8.66. The van der Waals surface area contributed by atoms with Crippen molar-refractivity contribution >= 4 is 0 Å². The van der Waals surface area contributed by atoms with Gasteiger partial charge < -0.3 is 5.11 Å². The molecule has 0 bridgehead atoms. The molecule has 1 spiro atoms. The fourth-order valence-electron chi connectivity index (χ4n) is 5.19. The molecule has 6 nitrogen and oxygen atoms in total. The number of likely N-dealkylation sites (tertiary alicyclic amines) is 2.